The molecule has 7 atom stereocenters. The summed E-state index contributed by atoms with van der Waals surface area (Å²) in [5, 5.41) is 12.5. The van der Waals surface area contributed by atoms with Crippen molar-refractivity contribution in [2.24, 2.45) is 17.8 Å². The molecule has 0 saturated carbocycles. The molecule has 2 amide bonds. The molecule has 3 saturated heterocycles. The lowest BCUT2D eigenvalue weighted by atomic mass is 9.70. The summed E-state index contributed by atoms with van der Waals surface area (Å²) in [7, 11) is 0. The lowest BCUT2D eigenvalue weighted by Crippen LogP contribution is -2.59. The highest BCUT2D eigenvalue weighted by molar-refractivity contribution is 9.09. The van der Waals surface area contributed by atoms with Crippen molar-refractivity contribution in [3.8, 4) is 0 Å². The van der Waals surface area contributed by atoms with Crippen LogP contribution in [-0.4, -0.2) is 76.2 Å². The smallest absolute Gasteiger partial charge is 0.312 e. The third-order valence-corrected chi connectivity index (χ3v) is 9.33. The Balaban J connectivity index is 1.63. The van der Waals surface area contributed by atoms with Crippen molar-refractivity contribution >= 4 is 50.2 Å². The van der Waals surface area contributed by atoms with Gasteiger partial charge < -0.3 is 24.4 Å². The van der Waals surface area contributed by atoms with Crippen LogP contribution in [0.5, 0.6) is 0 Å². The third-order valence-electron chi connectivity index (χ3n) is 8.49. The molecule has 1 unspecified atom stereocenters. The van der Waals surface area contributed by atoms with Crippen molar-refractivity contribution in [1.29, 1.82) is 0 Å². The predicted octanol–water partition coefficient (Wildman–Crippen LogP) is 4.08. The summed E-state index contributed by atoms with van der Waals surface area (Å²) >= 11 is 3.68. The molecular formula is C31H37BrN2O6. The van der Waals surface area contributed by atoms with Gasteiger partial charge >= 0.3 is 5.97 Å². The number of amides is 2. The minimum atomic E-state index is -1.23. The van der Waals surface area contributed by atoms with E-state index in [2.05, 4.69) is 22.5 Å². The molecule has 3 heterocycles. The normalized spacial score (nSPS) is 29.6. The summed E-state index contributed by atoms with van der Waals surface area (Å²) in [4.78, 5) is 45.2. The monoisotopic (exact) mass is 612 g/mol. The zero-order valence-electron chi connectivity index (χ0n) is 23.2. The van der Waals surface area contributed by atoms with E-state index in [-0.39, 0.29) is 42.3 Å². The molecule has 1 N–H and O–H groups in total. The highest BCUT2D eigenvalue weighted by Gasteiger charge is 2.77. The predicted molar refractivity (Wildman–Crippen MR) is 156 cm³/mol. The molecule has 5 rings (SSSR count). The number of ether oxygens (including phenoxy) is 2. The van der Waals surface area contributed by atoms with E-state index in [4.69, 9.17) is 9.47 Å². The van der Waals surface area contributed by atoms with E-state index >= 15 is 0 Å². The van der Waals surface area contributed by atoms with Crippen LogP contribution in [0.25, 0.3) is 10.8 Å². The molecule has 1 spiro atoms. The SMILES string of the molecule is C=CCN(C(=O)[C@H]1N([C@@H](CO)CC(C)C)C(=O)[C@@H]2[C@@H](C(=O)OCC)[C@@H]3O[C@@]21CC3Br)c1ccc2ccccc2c1. The summed E-state index contributed by atoms with van der Waals surface area (Å²) in [6, 6.07) is 12.1. The van der Waals surface area contributed by atoms with Gasteiger partial charge in [0.15, 0.2) is 0 Å². The fraction of sp³-hybridized carbons (Fsp3) is 0.516. The van der Waals surface area contributed by atoms with E-state index in [1.54, 1.807) is 17.9 Å². The first-order chi connectivity index (χ1) is 19.2. The number of alkyl halides is 1. The zero-order valence-corrected chi connectivity index (χ0v) is 24.7. The van der Waals surface area contributed by atoms with Gasteiger partial charge in [0.2, 0.25) is 5.91 Å². The van der Waals surface area contributed by atoms with E-state index in [0.717, 1.165) is 10.8 Å². The standard InChI is InChI=1S/C31H37BrN2O6/c1-5-13-33(21-12-11-19-9-7-8-10-20(19)15-21)29(37)27-31-16-23(32)26(40-31)24(30(38)39-6-2)25(31)28(36)34(27)22(17-35)14-18(3)4/h5,7-12,15,18,22-27,35H,1,6,13-14,16-17H2,2-4H3/t22-,23?,24-,25+,26-,27-,31+/m1/s1. The summed E-state index contributed by atoms with van der Waals surface area (Å²) in [6.45, 7) is 9.72. The van der Waals surface area contributed by atoms with Gasteiger partial charge in [-0.3, -0.25) is 14.4 Å². The number of aliphatic hydroxyl groups is 1. The van der Waals surface area contributed by atoms with Crippen LogP contribution < -0.4 is 4.90 Å². The third kappa shape index (κ3) is 4.56. The van der Waals surface area contributed by atoms with Crippen LogP contribution in [0, 0.1) is 17.8 Å². The maximum atomic E-state index is 14.8. The first kappa shape index (κ1) is 28.8. The summed E-state index contributed by atoms with van der Waals surface area (Å²) in [6.07, 6.45) is 1.95. The number of hydrogen-bond donors (Lipinski definition) is 1. The quantitative estimate of drug-likeness (QED) is 0.247. The second-order valence-electron chi connectivity index (χ2n) is 11.4. The molecule has 0 aliphatic carbocycles. The Hall–Kier alpha value is -2.75. The molecule has 9 heteroatoms. The molecule has 0 aromatic heterocycles. The van der Waals surface area contributed by atoms with Gasteiger partial charge in [-0.1, -0.05) is 66.2 Å². The van der Waals surface area contributed by atoms with Crippen molar-refractivity contribution in [2.45, 2.75) is 62.2 Å². The fourth-order valence-corrected chi connectivity index (χ4v) is 7.95. The van der Waals surface area contributed by atoms with Crippen molar-refractivity contribution in [1.82, 2.24) is 4.90 Å². The average molecular weight is 614 g/mol. The highest BCUT2D eigenvalue weighted by atomic mass is 79.9. The number of anilines is 1. The van der Waals surface area contributed by atoms with Gasteiger partial charge in [0.1, 0.15) is 11.6 Å². The van der Waals surface area contributed by atoms with Crippen LogP contribution in [0.2, 0.25) is 0 Å². The van der Waals surface area contributed by atoms with Crippen LogP contribution in [-0.2, 0) is 23.9 Å². The maximum Gasteiger partial charge on any atom is 0.312 e. The topological polar surface area (TPSA) is 96.4 Å². The Morgan fingerprint density at radius 2 is 2.00 bits per heavy atom. The number of carbonyl (C=O) groups is 3. The highest BCUT2D eigenvalue weighted by Crippen LogP contribution is 2.61. The largest absolute Gasteiger partial charge is 0.466 e. The van der Waals surface area contributed by atoms with Crippen LogP contribution in [0.1, 0.15) is 33.6 Å². The maximum absolute atomic E-state index is 14.8. The Bertz CT molecular complexity index is 1320. The lowest BCUT2D eigenvalue weighted by molar-refractivity contribution is -0.155. The number of rotatable bonds is 10. The molecule has 8 nitrogen and oxygen atoms in total. The van der Waals surface area contributed by atoms with Gasteiger partial charge in [0.05, 0.1) is 37.2 Å². The minimum Gasteiger partial charge on any atom is -0.466 e. The molecule has 2 bridgehead atoms. The number of nitrogens with zero attached hydrogens (tertiary/aromatic N) is 2. The van der Waals surface area contributed by atoms with Crippen molar-refractivity contribution in [3.63, 3.8) is 0 Å². The molecule has 0 radical (unpaired) electrons. The molecule has 2 aromatic rings. The summed E-state index contributed by atoms with van der Waals surface area (Å²) in [5.74, 6) is -2.70. The minimum absolute atomic E-state index is 0.158. The van der Waals surface area contributed by atoms with Crippen LogP contribution in [0.3, 0.4) is 0 Å². The van der Waals surface area contributed by atoms with E-state index < -0.39 is 41.6 Å². The molecule has 3 aliphatic rings. The van der Waals surface area contributed by atoms with E-state index in [1.807, 2.05) is 56.3 Å². The molecule has 3 aliphatic heterocycles. The van der Waals surface area contributed by atoms with Gasteiger partial charge in [-0.05, 0) is 48.6 Å². The molecule has 2 aromatic carbocycles. The van der Waals surface area contributed by atoms with Gasteiger partial charge in [0.25, 0.3) is 5.91 Å². The fourth-order valence-electron chi connectivity index (χ4n) is 7.01. The number of fused-ring (bicyclic) bond motifs is 2. The summed E-state index contributed by atoms with van der Waals surface area (Å²) < 4.78 is 12.0. The Kier molecular flexibility index (Phi) is 8.10. The van der Waals surface area contributed by atoms with Gasteiger partial charge in [0, 0.05) is 17.1 Å². The number of aliphatic hydroxyl groups excluding tert-OH is 1. The second-order valence-corrected chi connectivity index (χ2v) is 12.6. The Morgan fingerprint density at radius 1 is 1.27 bits per heavy atom. The van der Waals surface area contributed by atoms with E-state index in [0.29, 0.717) is 18.5 Å². The second kappa shape index (κ2) is 11.3. The van der Waals surface area contributed by atoms with Gasteiger partial charge in [-0.15, -0.1) is 6.58 Å². The number of halogens is 1. The van der Waals surface area contributed by atoms with Crippen molar-refractivity contribution < 1.29 is 29.0 Å². The van der Waals surface area contributed by atoms with Crippen LogP contribution >= 0.6 is 15.9 Å². The molecule has 40 heavy (non-hydrogen) atoms. The number of carbonyl (C=O) groups excluding carboxylic acids is 3. The average Bonchev–Trinajstić information content (AvgIpc) is 3.53. The van der Waals surface area contributed by atoms with Crippen LogP contribution in [0.4, 0.5) is 5.69 Å². The number of benzene rings is 2. The Labute approximate surface area is 243 Å². The zero-order chi connectivity index (χ0) is 28.8. The summed E-state index contributed by atoms with van der Waals surface area (Å²) in [5.41, 5.74) is -0.560. The van der Waals surface area contributed by atoms with E-state index in [1.165, 1.54) is 4.90 Å². The lowest BCUT2D eigenvalue weighted by Gasteiger charge is -2.39. The number of hydrogen-bond acceptors (Lipinski definition) is 6. The molecule has 214 valence electrons. The number of likely N-dealkylation sites (tertiary alicyclic amines) is 1. The Morgan fingerprint density at radius 3 is 2.65 bits per heavy atom. The van der Waals surface area contributed by atoms with Crippen LogP contribution in [0.15, 0.2) is 55.1 Å². The van der Waals surface area contributed by atoms with Gasteiger partial charge in [-0.2, -0.15) is 0 Å². The number of esters is 1. The van der Waals surface area contributed by atoms with Crippen molar-refractivity contribution in [2.75, 3.05) is 24.7 Å². The van der Waals surface area contributed by atoms with Gasteiger partial charge in [-0.25, -0.2) is 0 Å². The first-order valence-electron chi connectivity index (χ1n) is 14.0. The molecular weight excluding hydrogens is 576 g/mol. The van der Waals surface area contributed by atoms with E-state index in [9.17, 15) is 19.5 Å². The van der Waals surface area contributed by atoms with Crippen molar-refractivity contribution in [3.05, 3.63) is 55.1 Å². The first-order valence-corrected chi connectivity index (χ1v) is 14.9. The molecule has 3 fully saturated rings.